The molecule has 2 N–H and O–H groups in total. The first-order valence-electron chi connectivity index (χ1n) is 5.82. The Hall–Kier alpha value is -0.750. The lowest BCUT2D eigenvalue weighted by Gasteiger charge is -2.03. The summed E-state index contributed by atoms with van der Waals surface area (Å²) in [5.74, 6) is 1.00. The van der Waals surface area contributed by atoms with Crippen LogP contribution in [0.5, 0.6) is 0 Å². The van der Waals surface area contributed by atoms with Gasteiger partial charge in [-0.1, -0.05) is 11.8 Å². The van der Waals surface area contributed by atoms with Crippen molar-refractivity contribution in [1.29, 1.82) is 0 Å². The van der Waals surface area contributed by atoms with Gasteiger partial charge in [-0.25, -0.2) is 9.89 Å². The van der Waals surface area contributed by atoms with E-state index < -0.39 is 0 Å². The van der Waals surface area contributed by atoms with Gasteiger partial charge in [0.05, 0.1) is 0 Å². The van der Waals surface area contributed by atoms with E-state index in [0.29, 0.717) is 6.54 Å². The summed E-state index contributed by atoms with van der Waals surface area (Å²) in [7, 11) is 0. The molecule has 1 fully saturated rings. The maximum atomic E-state index is 11.3. The molecule has 6 heteroatoms. The molecule has 0 spiro atoms. The fraction of sp³-hybridized carbons (Fsp3) is 0.800. The van der Waals surface area contributed by atoms with Gasteiger partial charge in [-0.3, -0.25) is 4.57 Å². The van der Waals surface area contributed by atoms with Crippen LogP contribution < -0.4 is 11.0 Å². The van der Waals surface area contributed by atoms with Gasteiger partial charge in [-0.05, 0) is 32.7 Å². The molecule has 1 saturated carbocycles. The fourth-order valence-corrected chi connectivity index (χ4v) is 2.47. The molecule has 90 valence electrons. The Morgan fingerprint density at radius 3 is 3.12 bits per heavy atom. The summed E-state index contributed by atoms with van der Waals surface area (Å²) >= 11 is 1.65. The molecule has 0 unspecified atom stereocenters. The molecule has 0 aromatic carbocycles. The molecule has 1 aliphatic carbocycles. The van der Waals surface area contributed by atoms with E-state index >= 15 is 0 Å². The Morgan fingerprint density at radius 1 is 1.62 bits per heavy atom. The lowest BCUT2D eigenvalue weighted by Crippen LogP contribution is -2.18. The number of nitrogens with one attached hydrogen (secondary N) is 2. The summed E-state index contributed by atoms with van der Waals surface area (Å²) < 4.78 is 1.67. The van der Waals surface area contributed by atoms with Crippen LogP contribution in [0.1, 0.15) is 26.2 Å². The molecule has 1 aliphatic rings. The van der Waals surface area contributed by atoms with Crippen LogP contribution in [-0.2, 0) is 6.54 Å². The monoisotopic (exact) mass is 242 g/mol. The second-order valence-corrected chi connectivity index (χ2v) is 5.05. The molecule has 1 aromatic rings. The number of hydrogen-bond acceptors (Lipinski definition) is 4. The zero-order valence-corrected chi connectivity index (χ0v) is 10.3. The molecule has 1 aromatic heterocycles. The maximum Gasteiger partial charge on any atom is 0.343 e. The predicted octanol–water partition coefficient (Wildman–Crippen LogP) is 0.825. The van der Waals surface area contributed by atoms with Gasteiger partial charge in [-0.15, -0.1) is 5.10 Å². The standard InChI is InChI=1S/C10H18N4OS/c1-2-14-9(15)12-13-10(14)16-7-3-6-11-8-4-5-8/h8,11H,2-7H2,1H3,(H,12,15). The first-order chi connectivity index (χ1) is 7.81. The van der Waals surface area contributed by atoms with E-state index in [4.69, 9.17) is 0 Å². The normalized spacial score (nSPS) is 15.6. The lowest BCUT2D eigenvalue weighted by atomic mass is 10.5. The zero-order valence-electron chi connectivity index (χ0n) is 9.53. The molecular weight excluding hydrogens is 224 g/mol. The van der Waals surface area contributed by atoms with Gasteiger partial charge < -0.3 is 5.32 Å². The second kappa shape index (κ2) is 5.54. The number of nitrogens with zero attached hydrogens (tertiary/aromatic N) is 2. The van der Waals surface area contributed by atoms with Gasteiger partial charge in [0.15, 0.2) is 5.16 Å². The molecule has 1 heterocycles. The molecule has 0 bridgehead atoms. The van der Waals surface area contributed by atoms with Crippen molar-refractivity contribution in [3.8, 4) is 0 Å². The predicted molar refractivity (Wildman–Crippen MR) is 64.9 cm³/mol. The summed E-state index contributed by atoms with van der Waals surface area (Å²) in [4.78, 5) is 11.3. The van der Waals surface area contributed by atoms with E-state index in [0.717, 1.165) is 29.9 Å². The first kappa shape index (κ1) is 11.7. The summed E-state index contributed by atoms with van der Waals surface area (Å²) in [6.07, 6.45) is 3.79. The number of hydrogen-bond donors (Lipinski definition) is 2. The van der Waals surface area contributed by atoms with Gasteiger partial charge in [0.1, 0.15) is 0 Å². The maximum absolute atomic E-state index is 11.3. The van der Waals surface area contributed by atoms with Crippen LogP contribution >= 0.6 is 11.8 Å². The third-order valence-corrected chi connectivity index (χ3v) is 3.66. The van der Waals surface area contributed by atoms with Crippen LogP contribution in [0, 0.1) is 0 Å². The van der Waals surface area contributed by atoms with Crippen molar-refractivity contribution in [1.82, 2.24) is 20.1 Å². The summed E-state index contributed by atoms with van der Waals surface area (Å²) in [5.41, 5.74) is -0.110. The Morgan fingerprint density at radius 2 is 2.44 bits per heavy atom. The molecule has 0 atom stereocenters. The van der Waals surface area contributed by atoms with E-state index in [1.807, 2.05) is 6.92 Å². The van der Waals surface area contributed by atoms with Gasteiger partial charge in [0.2, 0.25) is 0 Å². The SMILES string of the molecule is CCn1c(SCCCNC2CC2)n[nH]c1=O. The second-order valence-electron chi connectivity index (χ2n) is 3.99. The summed E-state index contributed by atoms with van der Waals surface area (Å²) in [6.45, 7) is 3.70. The van der Waals surface area contributed by atoms with Crippen LogP contribution in [0.3, 0.4) is 0 Å². The summed E-state index contributed by atoms with van der Waals surface area (Å²) in [6, 6.07) is 0.782. The van der Waals surface area contributed by atoms with E-state index in [-0.39, 0.29) is 5.69 Å². The van der Waals surface area contributed by atoms with Crippen molar-refractivity contribution in [2.45, 2.75) is 43.9 Å². The third-order valence-electron chi connectivity index (χ3n) is 2.60. The highest BCUT2D eigenvalue weighted by atomic mass is 32.2. The number of aromatic nitrogens is 3. The zero-order chi connectivity index (χ0) is 11.4. The van der Waals surface area contributed by atoms with E-state index in [1.54, 1.807) is 16.3 Å². The van der Waals surface area contributed by atoms with Crippen LogP contribution in [0.4, 0.5) is 0 Å². The van der Waals surface area contributed by atoms with Gasteiger partial charge in [-0.2, -0.15) is 0 Å². The Kier molecular flexibility index (Phi) is 4.06. The van der Waals surface area contributed by atoms with Gasteiger partial charge in [0, 0.05) is 18.3 Å². The number of H-pyrrole nitrogens is 1. The van der Waals surface area contributed by atoms with Crippen molar-refractivity contribution >= 4 is 11.8 Å². The number of thioether (sulfide) groups is 1. The number of aromatic amines is 1. The van der Waals surface area contributed by atoms with Crippen molar-refractivity contribution in [3.05, 3.63) is 10.5 Å². The Bertz CT molecular complexity index is 382. The highest BCUT2D eigenvalue weighted by Crippen LogP contribution is 2.19. The van der Waals surface area contributed by atoms with Crippen molar-refractivity contribution in [2.24, 2.45) is 0 Å². The van der Waals surface area contributed by atoms with Crippen molar-refractivity contribution in [3.63, 3.8) is 0 Å². The van der Waals surface area contributed by atoms with Crippen LogP contribution in [-0.4, -0.2) is 33.1 Å². The van der Waals surface area contributed by atoms with Crippen molar-refractivity contribution in [2.75, 3.05) is 12.3 Å². The average molecular weight is 242 g/mol. The van der Waals surface area contributed by atoms with E-state index in [1.165, 1.54) is 12.8 Å². The number of rotatable bonds is 7. The minimum Gasteiger partial charge on any atom is -0.314 e. The topological polar surface area (TPSA) is 62.7 Å². The highest BCUT2D eigenvalue weighted by molar-refractivity contribution is 7.99. The van der Waals surface area contributed by atoms with Crippen LogP contribution in [0.2, 0.25) is 0 Å². The molecule has 5 nitrogen and oxygen atoms in total. The minimum atomic E-state index is -0.110. The van der Waals surface area contributed by atoms with Crippen molar-refractivity contribution < 1.29 is 0 Å². The van der Waals surface area contributed by atoms with Gasteiger partial charge in [0.25, 0.3) is 0 Å². The molecule has 16 heavy (non-hydrogen) atoms. The Labute approximate surface area is 99.0 Å². The van der Waals surface area contributed by atoms with E-state index in [9.17, 15) is 4.79 Å². The molecule has 2 rings (SSSR count). The van der Waals surface area contributed by atoms with E-state index in [2.05, 4.69) is 15.5 Å². The summed E-state index contributed by atoms with van der Waals surface area (Å²) in [5, 5.41) is 10.7. The average Bonchev–Trinajstić information content (AvgIpc) is 3.03. The quantitative estimate of drug-likeness (QED) is 0.549. The molecule has 0 amide bonds. The molecule has 0 aliphatic heterocycles. The van der Waals surface area contributed by atoms with Gasteiger partial charge >= 0.3 is 5.69 Å². The smallest absolute Gasteiger partial charge is 0.314 e. The molecule has 0 radical (unpaired) electrons. The highest BCUT2D eigenvalue weighted by Gasteiger charge is 2.19. The largest absolute Gasteiger partial charge is 0.343 e. The minimum absolute atomic E-state index is 0.110. The van der Waals surface area contributed by atoms with Crippen LogP contribution in [0.15, 0.2) is 9.95 Å². The Balaban J connectivity index is 1.69. The lowest BCUT2D eigenvalue weighted by molar-refractivity contribution is 0.656. The molecular formula is C10H18N4OS. The third kappa shape index (κ3) is 3.12. The molecule has 0 saturated heterocycles. The van der Waals surface area contributed by atoms with Crippen LogP contribution in [0.25, 0.3) is 0 Å². The fourth-order valence-electron chi connectivity index (χ4n) is 1.52. The first-order valence-corrected chi connectivity index (χ1v) is 6.81.